The van der Waals surface area contributed by atoms with E-state index in [9.17, 15) is 9.50 Å². The number of halogens is 1. The third-order valence-electron chi connectivity index (χ3n) is 2.47. The van der Waals surface area contributed by atoms with E-state index in [0.717, 1.165) is 6.07 Å². The minimum Gasteiger partial charge on any atom is -0.488 e. The highest BCUT2D eigenvalue weighted by atomic mass is 19.1. The second-order valence-electron chi connectivity index (χ2n) is 5.05. The zero-order valence-corrected chi connectivity index (χ0v) is 11.4. The number of hydrogen-bond acceptors (Lipinski definition) is 5. The van der Waals surface area contributed by atoms with Crippen LogP contribution in [0.3, 0.4) is 0 Å². The molecule has 1 aromatic carbocycles. The summed E-state index contributed by atoms with van der Waals surface area (Å²) in [6, 6.07) is 2.60. The molecule has 1 aromatic rings. The fraction of sp³-hybridized carbons (Fsp3) is 0.538. The molecule has 1 unspecified atom stereocenters. The largest absolute Gasteiger partial charge is 0.488 e. The maximum absolute atomic E-state index is 13.6. The summed E-state index contributed by atoms with van der Waals surface area (Å²) in [5, 5.41) is 21.5. The van der Waals surface area contributed by atoms with Crippen molar-refractivity contribution in [1.29, 1.82) is 0 Å². The second kappa shape index (κ2) is 6.08. The lowest BCUT2D eigenvalue weighted by Crippen LogP contribution is -2.37. The number of rotatable bonds is 6. The molecule has 0 fully saturated rings. The van der Waals surface area contributed by atoms with Crippen LogP contribution in [-0.4, -0.2) is 35.1 Å². The second-order valence-corrected chi connectivity index (χ2v) is 5.05. The topological polar surface area (TPSA) is 87.7 Å². The van der Waals surface area contributed by atoms with E-state index in [4.69, 9.17) is 15.6 Å². The van der Waals surface area contributed by atoms with Crippen LogP contribution in [0.25, 0.3) is 0 Å². The molecule has 19 heavy (non-hydrogen) atoms. The Labute approximate surface area is 112 Å². The van der Waals surface area contributed by atoms with Gasteiger partial charge < -0.3 is 26.0 Å². The molecule has 1 atom stereocenters. The number of hydrogen-bond donors (Lipinski definition) is 4. The fourth-order valence-electron chi connectivity index (χ4n) is 1.41. The first-order chi connectivity index (χ1) is 8.75. The average molecular weight is 272 g/mol. The quantitative estimate of drug-likeness (QED) is 0.587. The number of aliphatic hydroxyl groups excluding tert-OH is 1. The Morgan fingerprint density at radius 3 is 2.63 bits per heavy atom. The van der Waals surface area contributed by atoms with Crippen LogP contribution in [0.15, 0.2) is 12.1 Å². The van der Waals surface area contributed by atoms with Gasteiger partial charge in [0.25, 0.3) is 0 Å². The van der Waals surface area contributed by atoms with E-state index in [1.807, 2.05) is 0 Å². The lowest BCUT2D eigenvalue weighted by molar-refractivity contribution is 0.0132. The Hall–Kier alpha value is -1.53. The van der Waals surface area contributed by atoms with Crippen LogP contribution >= 0.6 is 0 Å². The SMILES string of the molecule is CC(C)Oc1cc(NCC(C)(O)CO)c(N)cc1F. The molecule has 1 rings (SSSR count). The van der Waals surface area contributed by atoms with Gasteiger partial charge in [0.1, 0.15) is 5.60 Å². The fourth-order valence-corrected chi connectivity index (χ4v) is 1.41. The van der Waals surface area contributed by atoms with Gasteiger partial charge in [-0.3, -0.25) is 0 Å². The standard InChI is InChI=1S/C13H21FN2O3/c1-8(2)19-12-5-11(10(15)4-9(12)14)16-6-13(3,18)7-17/h4-5,8,16-18H,6-7,15H2,1-3H3. The number of ether oxygens (including phenoxy) is 1. The van der Waals surface area contributed by atoms with E-state index in [1.54, 1.807) is 13.8 Å². The molecule has 5 N–H and O–H groups in total. The Morgan fingerprint density at radius 1 is 1.47 bits per heavy atom. The Bertz CT molecular complexity index is 436. The number of aliphatic hydroxyl groups is 2. The van der Waals surface area contributed by atoms with Gasteiger partial charge in [-0.1, -0.05) is 0 Å². The first-order valence-electron chi connectivity index (χ1n) is 6.08. The third-order valence-corrected chi connectivity index (χ3v) is 2.47. The maximum Gasteiger partial charge on any atom is 0.167 e. The van der Waals surface area contributed by atoms with E-state index < -0.39 is 18.0 Å². The van der Waals surface area contributed by atoms with Gasteiger partial charge in [0.05, 0.1) is 24.1 Å². The predicted molar refractivity (Wildman–Crippen MR) is 72.8 cm³/mol. The van der Waals surface area contributed by atoms with Gasteiger partial charge in [0.2, 0.25) is 0 Å². The van der Waals surface area contributed by atoms with Crippen LogP contribution < -0.4 is 15.8 Å². The van der Waals surface area contributed by atoms with E-state index >= 15 is 0 Å². The summed E-state index contributed by atoms with van der Waals surface area (Å²) < 4.78 is 18.9. The minimum atomic E-state index is -1.28. The highest BCUT2D eigenvalue weighted by Crippen LogP contribution is 2.29. The zero-order chi connectivity index (χ0) is 14.6. The maximum atomic E-state index is 13.6. The monoisotopic (exact) mass is 272 g/mol. The highest BCUT2D eigenvalue weighted by molar-refractivity contribution is 5.68. The van der Waals surface area contributed by atoms with Crippen molar-refractivity contribution in [3.8, 4) is 5.75 Å². The molecule has 5 nitrogen and oxygen atoms in total. The Kier molecular flexibility index (Phi) is 4.97. The lowest BCUT2D eigenvalue weighted by atomic mass is 10.1. The smallest absolute Gasteiger partial charge is 0.167 e. The van der Waals surface area contributed by atoms with Crippen LogP contribution in [0.4, 0.5) is 15.8 Å². The molecule has 0 aromatic heterocycles. The molecule has 0 amide bonds. The lowest BCUT2D eigenvalue weighted by Gasteiger charge is -2.22. The summed E-state index contributed by atoms with van der Waals surface area (Å²) in [6.45, 7) is 4.75. The minimum absolute atomic E-state index is 0.0838. The molecule has 0 aliphatic heterocycles. The summed E-state index contributed by atoms with van der Waals surface area (Å²) >= 11 is 0. The van der Waals surface area contributed by atoms with Crippen LogP contribution in [-0.2, 0) is 0 Å². The van der Waals surface area contributed by atoms with Crippen molar-refractivity contribution in [2.75, 3.05) is 24.2 Å². The van der Waals surface area contributed by atoms with E-state index in [0.29, 0.717) is 5.69 Å². The molecule has 6 heteroatoms. The molecular formula is C13H21FN2O3. The first kappa shape index (κ1) is 15.5. The number of nitrogens with two attached hydrogens (primary N) is 1. The predicted octanol–water partition coefficient (Wildman–Crippen LogP) is 1.35. The molecule has 0 saturated heterocycles. The van der Waals surface area contributed by atoms with Crippen molar-refractivity contribution in [2.24, 2.45) is 0 Å². The van der Waals surface area contributed by atoms with Crippen molar-refractivity contribution in [1.82, 2.24) is 0 Å². The van der Waals surface area contributed by atoms with Gasteiger partial charge in [0, 0.05) is 18.7 Å². The Balaban J connectivity index is 2.89. The van der Waals surface area contributed by atoms with Gasteiger partial charge in [0.15, 0.2) is 11.6 Å². The van der Waals surface area contributed by atoms with Crippen molar-refractivity contribution in [2.45, 2.75) is 32.5 Å². The van der Waals surface area contributed by atoms with Gasteiger partial charge in [-0.15, -0.1) is 0 Å². The van der Waals surface area contributed by atoms with Crippen LogP contribution in [0.5, 0.6) is 5.75 Å². The molecule has 0 aliphatic rings. The molecule has 0 heterocycles. The summed E-state index contributed by atoms with van der Waals surface area (Å²) in [7, 11) is 0. The van der Waals surface area contributed by atoms with Crippen LogP contribution in [0.1, 0.15) is 20.8 Å². The number of benzene rings is 1. The van der Waals surface area contributed by atoms with Crippen LogP contribution in [0, 0.1) is 5.82 Å². The van der Waals surface area contributed by atoms with Gasteiger partial charge in [-0.2, -0.15) is 0 Å². The van der Waals surface area contributed by atoms with E-state index in [2.05, 4.69) is 5.32 Å². The summed E-state index contributed by atoms with van der Waals surface area (Å²) in [5.41, 5.74) is 5.07. The molecule has 0 radical (unpaired) electrons. The van der Waals surface area contributed by atoms with Crippen molar-refractivity contribution < 1.29 is 19.3 Å². The molecule has 0 spiro atoms. The van der Waals surface area contributed by atoms with E-state index in [1.165, 1.54) is 13.0 Å². The molecule has 108 valence electrons. The third kappa shape index (κ3) is 4.57. The number of nitrogen functional groups attached to an aromatic ring is 1. The molecule has 0 bridgehead atoms. The zero-order valence-electron chi connectivity index (χ0n) is 11.4. The van der Waals surface area contributed by atoms with Crippen molar-refractivity contribution in [3.05, 3.63) is 17.9 Å². The Morgan fingerprint density at radius 2 is 2.11 bits per heavy atom. The summed E-state index contributed by atoms with van der Waals surface area (Å²) in [6.07, 6.45) is -0.161. The first-order valence-corrected chi connectivity index (χ1v) is 6.08. The van der Waals surface area contributed by atoms with E-state index in [-0.39, 0.29) is 24.1 Å². The summed E-state index contributed by atoms with van der Waals surface area (Å²) in [4.78, 5) is 0. The van der Waals surface area contributed by atoms with Gasteiger partial charge in [-0.25, -0.2) is 4.39 Å². The average Bonchev–Trinajstić information content (AvgIpc) is 2.30. The molecule has 0 saturated carbocycles. The van der Waals surface area contributed by atoms with Crippen LogP contribution in [0.2, 0.25) is 0 Å². The van der Waals surface area contributed by atoms with Crippen molar-refractivity contribution in [3.63, 3.8) is 0 Å². The molecular weight excluding hydrogens is 251 g/mol. The highest BCUT2D eigenvalue weighted by Gasteiger charge is 2.19. The van der Waals surface area contributed by atoms with Gasteiger partial charge in [-0.05, 0) is 20.8 Å². The van der Waals surface area contributed by atoms with Gasteiger partial charge >= 0.3 is 0 Å². The number of nitrogens with one attached hydrogen (secondary N) is 1. The number of anilines is 2. The van der Waals surface area contributed by atoms with Crippen molar-refractivity contribution >= 4 is 11.4 Å². The summed E-state index contributed by atoms with van der Waals surface area (Å²) in [5.74, 6) is -0.444. The molecule has 0 aliphatic carbocycles. The normalized spacial score (nSPS) is 14.3.